The third-order valence-corrected chi connectivity index (χ3v) is 4.58. The van der Waals surface area contributed by atoms with Gasteiger partial charge in [0.05, 0.1) is 6.04 Å². The zero-order valence-corrected chi connectivity index (χ0v) is 12.1. The summed E-state index contributed by atoms with van der Waals surface area (Å²) < 4.78 is 0. The van der Waals surface area contributed by atoms with Crippen molar-refractivity contribution in [3.8, 4) is 0 Å². The van der Waals surface area contributed by atoms with Gasteiger partial charge in [0.2, 0.25) is 5.91 Å². The van der Waals surface area contributed by atoms with Crippen LogP contribution >= 0.6 is 0 Å². The molecule has 4 nitrogen and oxygen atoms in total. The number of amides is 1. The van der Waals surface area contributed by atoms with Gasteiger partial charge in [0.25, 0.3) is 0 Å². The number of hydrogen-bond acceptors (Lipinski definition) is 3. The molecular formula is C16H23N3O. The SMILES string of the molecule is CN1CCCC1CNC(=O)C1Cc2ccccc2CN1. The highest BCUT2D eigenvalue weighted by Gasteiger charge is 2.26. The van der Waals surface area contributed by atoms with Gasteiger partial charge in [0.15, 0.2) is 0 Å². The summed E-state index contributed by atoms with van der Waals surface area (Å²) in [6, 6.07) is 8.78. The number of nitrogens with one attached hydrogen (secondary N) is 2. The highest BCUT2D eigenvalue weighted by molar-refractivity contribution is 5.82. The Labute approximate surface area is 120 Å². The zero-order chi connectivity index (χ0) is 13.9. The molecule has 2 aliphatic heterocycles. The van der Waals surface area contributed by atoms with Gasteiger partial charge in [0.1, 0.15) is 0 Å². The molecule has 0 aromatic heterocycles. The number of carbonyl (C=O) groups is 1. The maximum absolute atomic E-state index is 12.3. The average Bonchev–Trinajstić information content (AvgIpc) is 2.89. The number of fused-ring (bicyclic) bond motifs is 1. The number of benzene rings is 1. The summed E-state index contributed by atoms with van der Waals surface area (Å²) in [5.41, 5.74) is 2.61. The lowest BCUT2D eigenvalue weighted by Gasteiger charge is -2.26. The lowest BCUT2D eigenvalue weighted by atomic mass is 9.95. The molecule has 3 rings (SSSR count). The van der Waals surface area contributed by atoms with E-state index in [0.717, 1.165) is 26.1 Å². The minimum atomic E-state index is -0.0865. The van der Waals surface area contributed by atoms with E-state index in [0.29, 0.717) is 6.04 Å². The molecule has 2 heterocycles. The second-order valence-corrected chi connectivity index (χ2v) is 5.93. The van der Waals surface area contributed by atoms with E-state index >= 15 is 0 Å². The quantitative estimate of drug-likeness (QED) is 0.860. The van der Waals surface area contributed by atoms with E-state index in [1.165, 1.54) is 24.0 Å². The van der Waals surface area contributed by atoms with E-state index in [1.807, 2.05) is 6.07 Å². The Morgan fingerprint density at radius 1 is 1.40 bits per heavy atom. The van der Waals surface area contributed by atoms with Crippen molar-refractivity contribution in [2.45, 2.75) is 37.9 Å². The van der Waals surface area contributed by atoms with E-state index < -0.39 is 0 Å². The molecule has 1 fully saturated rings. The van der Waals surface area contributed by atoms with Crippen molar-refractivity contribution in [2.24, 2.45) is 0 Å². The van der Waals surface area contributed by atoms with Gasteiger partial charge in [-0.05, 0) is 44.0 Å². The van der Waals surface area contributed by atoms with Gasteiger partial charge in [-0.2, -0.15) is 0 Å². The molecule has 0 saturated carbocycles. The number of likely N-dealkylation sites (tertiary alicyclic amines) is 1. The van der Waals surface area contributed by atoms with Crippen LogP contribution < -0.4 is 10.6 Å². The molecule has 0 radical (unpaired) electrons. The standard InChI is InChI=1S/C16H23N3O/c1-19-8-4-7-14(19)11-18-16(20)15-9-12-5-2-3-6-13(12)10-17-15/h2-3,5-6,14-15,17H,4,7-11H2,1H3,(H,18,20). The maximum Gasteiger partial charge on any atom is 0.237 e. The predicted molar refractivity (Wildman–Crippen MR) is 79.4 cm³/mol. The van der Waals surface area contributed by atoms with Crippen LogP contribution in [0.4, 0.5) is 0 Å². The van der Waals surface area contributed by atoms with Crippen LogP contribution in [0.2, 0.25) is 0 Å². The van der Waals surface area contributed by atoms with Gasteiger partial charge >= 0.3 is 0 Å². The molecular weight excluding hydrogens is 250 g/mol. The van der Waals surface area contributed by atoms with Crippen LogP contribution in [0.5, 0.6) is 0 Å². The summed E-state index contributed by atoms with van der Waals surface area (Å²) in [4.78, 5) is 14.6. The normalized spacial score (nSPS) is 26.2. The van der Waals surface area contributed by atoms with Crippen LogP contribution in [0.25, 0.3) is 0 Å². The lowest BCUT2D eigenvalue weighted by Crippen LogP contribution is -2.50. The Hall–Kier alpha value is -1.39. The second kappa shape index (κ2) is 5.94. The summed E-state index contributed by atoms with van der Waals surface area (Å²) >= 11 is 0. The third kappa shape index (κ3) is 2.86. The number of rotatable bonds is 3. The predicted octanol–water partition coefficient (Wildman–Crippen LogP) is 0.911. The highest BCUT2D eigenvalue weighted by Crippen LogP contribution is 2.17. The molecule has 0 spiro atoms. The summed E-state index contributed by atoms with van der Waals surface area (Å²) in [6.07, 6.45) is 3.23. The minimum Gasteiger partial charge on any atom is -0.353 e. The largest absolute Gasteiger partial charge is 0.353 e. The molecule has 2 unspecified atom stereocenters. The zero-order valence-electron chi connectivity index (χ0n) is 12.1. The summed E-state index contributed by atoms with van der Waals surface area (Å²) in [5, 5.41) is 6.45. The number of likely N-dealkylation sites (N-methyl/N-ethyl adjacent to an activating group) is 1. The number of nitrogens with zero attached hydrogens (tertiary/aromatic N) is 1. The van der Waals surface area contributed by atoms with Crippen LogP contribution in [0.15, 0.2) is 24.3 Å². The van der Waals surface area contributed by atoms with E-state index in [4.69, 9.17) is 0 Å². The minimum absolute atomic E-state index is 0.0865. The van der Waals surface area contributed by atoms with Crippen LogP contribution in [0.1, 0.15) is 24.0 Å². The third-order valence-electron chi connectivity index (χ3n) is 4.58. The van der Waals surface area contributed by atoms with Gasteiger partial charge in [0, 0.05) is 19.1 Å². The highest BCUT2D eigenvalue weighted by atomic mass is 16.2. The van der Waals surface area contributed by atoms with Crippen molar-refractivity contribution in [3.63, 3.8) is 0 Å². The van der Waals surface area contributed by atoms with Crippen molar-refractivity contribution >= 4 is 5.91 Å². The van der Waals surface area contributed by atoms with Crippen LogP contribution in [0.3, 0.4) is 0 Å². The molecule has 1 saturated heterocycles. The fourth-order valence-corrected chi connectivity index (χ4v) is 3.22. The van der Waals surface area contributed by atoms with Gasteiger partial charge in [-0.25, -0.2) is 0 Å². The number of hydrogen-bond donors (Lipinski definition) is 2. The first-order chi connectivity index (χ1) is 9.74. The van der Waals surface area contributed by atoms with Crippen molar-refractivity contribution in [3.05, 3.63) is 35.4 Å². The molecule has 1 amide bonds. The monoisotopic (exact) mass is 273 g/mol. The van der Waals surface area contributed by atoms with Crippen LogP contribution in [-0.4, -0.2) is 43.0 Å². The topological polar surface area (TPSA) is 44.4 Å². The average molecular weight is 273 g/mol. The molecule has 108 valence electrons. The first kappa shape index (κ1) is 13.6. The Bertz CT molecular complexity index is 488. The van der Waals surface area contributed by atoms with E-state index in [9.17, 15) is 4.79 Å². The Morgan fingerprint density at radius 3 is 2.95 bits per heavy atom. The van der Waals surface area contributed by atoms with Crippen molar-refractivity contribution in [1.82, 2.24) is 15.5 Å². The molecule has 0 bridgehead atoms. The summed E-state index contributed by atoms with van der Waals surface area (Å²) in [5.74, 6) is 0.139. The first-order valence-corrected chi connectivity index (χ1v) is 7.52. The van der Waals surface area contributed by atoms with Gasteiger partial charge in [-0.3, -0.25) is 4.79 Å². The van der Waals surface area contributed by atoms with E-state index in [1.54, 1.807) is 0 Å². The summed E-state index contributed by atoms with van der Waals surface area (Å²) in [7, 11) is 2.14. The van der Waals surface area contributed by atoms with Crippen molar-refractivity contribution in [1.29, 1.82) is 0 Å². The Morgan fingerprint density at radius 2 is 2.20 bits per heavy atom. The number of carbonyl (C=O) groups excluding carboxylic acids is 1. The van der Waals surface area contributed by atoms with Crippen LogP contribution in [-0.2, 0) is 17.8 Å². The molecule has 2 atom stereocenters. The fraction of sp³-hybridized carbons (Fsp3) is 0.562. The molecule has 2 aliphatic rings. The smallest absolute Gasteiger partial charge is 0.237 e. The van der Waals surface area contributed by atoms with Crippen molar-refractivity contribution < 1.29 is 4.79 Å². The molecule has 2 N–H and O–H groups in total. The Balaban J connectivity index is 1.54. The molecule has 1 aromatic rings. The van der Waals surface area contributed by atoms with Crippen LogP contribution in [0, 0.1) is 0 Å². The van der Waals surface area contributed by atoms with E-state index in [-0.39, 0.29) is 11.9 Å². The van der Waals surface area contributed by atoms with Crippen molar-refractivity contribution in [2.75, 3.05) is 20.1 Å². The van der Waals surface area contributed by atoms with Gasteiger partial charge in [-0.1, -0.05) is 24.3 Å². The first-order valence-electron chi connectivity index (χ1n) is 7.52. The Kier molecular flexibility index (Phi) is 4.03. The van der Waals surface area contributed by atoms with E-state index in [2.05, 4.69) is 40.8 Å². The van der Waals surface area contributed by atoms with Gasteiger partial charge in [-0.15, -0.1) is 0 Å². The lowest BCUT2D eigenvalue weighted by molar-refractivity contribution is -0.123. The summed E-state index contributed by atoms with van der Waals surface area (Å²) in [6.45, 7) is 2.71. The van der Waals surface area contributed by atoms with Gasteiger partial charge < -0.3 is 15.5 Å². The molecule has 20 heavy (non-hydrogen) atoms. The molecule has 4 heteroatoms. The molecule has 0 aliphatic carbocycles. The molecule has 1 aromatic carbocycles. The maximum atomic E-state index is 12.3. The second-order valence-electron chi connectivity index (χ2n) is 5.93. The fourth-order valence-electron chi connectivity index (χ4n) is 3.22.